The normalized spacial score (nSPS) is 10.1. The number of rotatable bonds is 3. The van der Waals surface area contributed by atoms with Crippen molar-refractivity contribution >= 4 is 22.7 Å². The molecule has 86 valence electrons. The number of aromatic nitrogens is 2. The summed E-state index contributed by atoms with van der Waals surface area (Å²) < 4.78 is 4.60. The van der Waals surface area contributed by atoms with E-state index in [1.807, 2.05) is 0 Å². The van der Waals surface area contributed by atoms with E-state index in [0.29, 0.717) is 10.8 Å². The van der Waals surface area contributed by atoms with Crippen LogP contribution in [0.25, 0.3) is 10.8 Å². The lowest BCUT2D eigenvalue weighted by molar-refractivity contribution is -0.140. The Morgan fingerprint density at radius 1 is 1.24 bits per heavy atom. The number of aliphatic carboxylic acids is 1. The second-order valence-electron chi connectivity index (χ2n) is 3.25. The van der Waals surface area contributed by atoms with Crippen molar-refractivity contribution < 1.29 is 19.4 Å². The largest absolute Gasteiger partial charge is 0.479 e. The number of carboxylic acids is 1. The first-order valence-corrected chi connectivity index (χ1v) is 4.75. The number of esters is 1. The highest BCUT2D eigenvalue weighted by atomic mass is 16.5. The molecule has 0 unspecified atom stereocenters. The minimum absolute atomic E-state index is 0.228. The van der Waals surface area contributed by atoms with Crippen LogP contribution in [0.2, 0.25) is 0 Å². The Morgan fingerprint density at radius 2 is 2.00 bits per heavy atom. The van der Waals surface area contributed by atoms with E-state index in [0.717, 1.165) is 0 Å². The number of carbonyl (C=O) groups is 2. The maximum Gasteiger partial charge on any atom is 0.341 e. The molecule has 0 spiro atoms. The van der Waals surface area contributed by atoms with E-state index in [1.54, 1.807) is 18.5 Å². The van der Waals surface area contributed by atoms with Crippen LogP contribution in [-0.4, -0.2) is 33.6 Å². The summed E-state index contributed by atoms with van der Waals surface area (Å²) in [5.41, 5.74) is 0.228. The molecule has 6 heteroatoms. The molecule has 1 N–H and O–H groups in total. The molecule has 0 radical (unpaired) electrons. The molecule has 0 aliphatic carbocycles. The highest BCUT2D eigenvalue weighted by Gasteiger charge is 2.13. The fraction of sp³-hybridized carbons (Fsp3) is 0.0909. The number of hydrogen-bond acceptors (Lipinski definition) is 5. The SMILES string of the molecule is O=C(O)COC(=O)c1cncc2cnccc12. The average Bonchev–Trinajstić information content (AvgIpc) is 2.35. The van der Waals surface area contributed by atoms with Gasteiger partial charge in [-0.1, -0.05) is 0 Å². The third-order valence-electron chi connectivity index (χ3n) is 2.11. The molecule has 2 rings (SSSR count). The fourth-order valence-electron chi connectivity index (χ4n) is 1.38. The summed E-state index contributed by atoms with van der Waals surface area (Å²) in [6.45, 7) is -0.666. The van der Waals surface area contributed by atoms with Crippen molar-refractivity contribution in [3.8, 4) is 0 Å². The van der Waals surface area contributed by atoms with Crippen LogP contribution in [0.5, 0.6) is 0 Å². The minimum atomic E-state index is -1.20. The highest BCUT2D eigenvalue weighted by Crippen LogP contribution is 2.16. The smallest absolute Gasteiger partial charge is 0.341 e. The Kier molecular flexibility index (Phi) is 2.95. The molecule has 0 aliphatic rings. The lowest BCUT2D eigenvalue weighted by Crippen LogP contribution is -2.13. The van der Waals surface area contributed by atoms with Crippen LogP contribution in [0, 0.1) is 0 Å². The van der Waals surface area contributed by atoms with Gasteiger partial charge in [0, 0.05) is 35.6 Å². The van der Waals surface area contributed by atoms with Gasteiger partial charge in [0.1, 0.15) is 0 Å². The molecule has 0 fully saturated rings. The number of hydrogen-bond donors (Lipinski definition) is 1. The third kappa shape index (κ3) is 2.36. The molecule has 2 heterocycles. The summed E-state index contributed by atoms with van der Waals surface area (Å²) in [4.78, 5) is 29.7. The molecule has 0 aliphatic heterocycles. The molecule has 17 heavy (non-hydrogen) atoms. The van der Waals surface area contributed by atoms with Crippen molar-refractivity contribution in [1.29, 1.82) is 0 Å². The van der Waals surface area contributed by atoms with Crippen molar-refractivity contribution in [2.75, 3.05) is 6.61 Å². The van der Waals surface area contributed by atoms with Gasteiger partial charge in [0.2, 0.25) is 0 Å². The maximum atomic E-state index is 11.6. The number of nitrogens with zero attached hydrogens (tertiary/aromatic N) is 2. The summed E-state index contributed by atoms with van der Waals surface area (Å²) in [6.07, 6.45) is 6.01. The topological polar surface area (TPSA) is 89.4 Å². The van der Waals surface area contributed by atoms with E-state index in [1.165, 1.54) is 12.4 Å². The quantitative estimate of drug-likeness (QED) is 0.790. The number of carbonyl (C=O) groups excluding carboxylic acids is 1. The Labute approximate surface area is 95.9 Å². The summed E-state index contributed by atoms with van der Waals surface area (Å²) in [7, 11) is 0. The summed E-state index contributed by atoms with van der Waals surface area (Å²) in [5.74, 6) is -1.91. The fourth-order valence-corrected chi connectivity index (χ4v) is 1.38. The molecule has 0 bridgehead atoms. The van der Waals surface area contributed by atoms with E-state index in [-0.39, 0.29) is 5.56 Å². The van der Waals surface area contributed by atoms with Gasteiger partial charge < -0.3 is 9.84 Å². The van der Waals surface area contributed by atoms with Crippen LogP contribution in [0.1, 0.15) is 10.4 Å². The minimum Gasteiger partial charge on any atom is -0.479 e. The van der Waals surface area contributed by atoms with E-state index in [4.69, 9.17) is 5.11 Å². The molecule has 2 aromatic rings. The van der Waals surface area contributed by atoms with Gasteiger partial charge in [-0.15, -0.1) is 0 Å². The van der Waals surface area contributed by atoms with E-state index >= 15 is 0 Å². The van der Waals surface area contributed by atoms with Gasteiger partial charge in [0.15, 0.2) is 6.61 Å². The predicted molar refractivity (Wildman–Crippen MR) is 57.5 cm³/mol. The van der Waals surface area contributed by atoms with Crippen molar-refractivity contribution in [1.82, 2.24) is 9.97 Å². The van der Waals surface area contributed by atoms with Crippen LogP contribution in [0.3, 0.4) is 0 Å². The van der Waals surface area contributed by atoms with Crippen LogP contribution in [0.4, 0.5) is 0 Å². The van der Waals surface area contributed by atoms with Gasteiger partial charge in [-0.05, 0) is 6.07 Å². The average molecular weight is 232 g/mol. The summed E-state index contributed by atoms with van der Waals surface area (Å²) in [5, 5.41) is 9.74. The lowest BCUT2D eigenvalue weighted by Gasteiger charge is -2.04. The Morgan fingerprint density at radius 3 is 2.76 bits per heavy atom. The van der Waals surface area contributed by atoms with E-state index in [9.17, 15) is 9.59 Å². The third-order valence-corrected chi connectivity index (χ3v) is 2.11. The Balaban J connectivity index is 2.35. The first-order chi connectivity index (χ1) is 8.18. The standard InChI is InChI=1S/C11H8N2O4/c14-10(15)6-17-11(16)9-5-13-4-7-3-12-2-1-8(7)9/h1-5H,6H2,(H,14,15). The second kappa shape index (κ2) is 4.56. The van der Waals surface area contributed by atoms with Gasteiger partial charge in [-0.25, -0.2) is 9.59 Å². The van der Waals surface area contributed by atoms with Gasteiger partial charge in [-0.2, -0.15) is 0 Å². The molecule has 2 aromatic heterocycles. The van der Waals surface area contributed by atoms with E-state index in [2.05, 4.69) is 14.7 Å². The highest BCUT2D eigenvalue weighted by molar-refractivity contribution is 6.03. The first-order valence-electron chi connectivity index (χ1n) is 4.75. The molecule has 6 nitrogen and oxygen atoms in total. The number of fused-ring (bicyclic) bond motifs is 1. The van der Waals surface area contributed by atoms with Crippen LogP contribution in [0.15, 0.2) is 30.9 Å². The number of pyridine rings is 2. The molecule has 0 amide bonds. The number of carboxylic acid groups (broad SMARTS) is 1. The first kappa shape index (κ1) is 11.0. The zero-order chi connectivity index (χ0) is 12.3. The van der Waals surface area contributed by atoms with Gasteiger partial charge in [-0.3, -0.25) is 9.97 Å². The Hall–Kier alpha value is -2.50. The molecule has 0 saturated heterocycles. The molecule has 0 atom stereocenters. The maximum absolute atomic E-state index is 11.6. The van der Waals surface area contributed by atoms with Gasteiger partial charge >= 0.3 is 11.9 Å². The van der Waals surface area contributed by atoms with Crippen molar-refractivity contribution in [3.63, 3.8) is 0 Å². The van der Waals surface area contributed by atoms with Crippen molar-refractivity contribution in [2.24, 2.45) is 0 Å². The predicted octanol–water partition coefficient (Wildman–Crippen LogP) is 0.871. The second-order valence-corrected chi connectivity index (χ2v) is 3.25. The molecular formula is C11H8N2O4. The van der Waals surface area contributed by atoms with Crippen LogP contribution >= 0.6 is 0 Å². The van der Waals surface area contributed by atoms with Crippen molar-refractivity contribution in [2.45, 2.75) is 0 Å². The zero-order valence-electron chi connectivity index (χ0n) is 8.66. The van der Waals surface area contributed by atoms with E-state index < -0.39 is 18.5 Å². The van der Waals surface area contributed by atoms with Gasteiger partial charge in [0.05, 0.1) is 5.56 Å². The molecular weight excluding hydrogens is 224 g/mol. The lowest BCUT2D eigenvalue weighted by atomic mass is 10.1. The van der Waals surface area contributed by atoms with Crippen molar-refractivity contribution in [3.05, 3.63) is 36.4 Å². The van der Waals surface area contributed by atoms with Gasteiger partial charge in [0.25, 0.3) is 0 Å². The zero-order valence-corrected chi connectivity index (χ0v) is 8.66. The summed E-state index contributed by atoms with van der Waals surface area (Å²) >= 11 is 0. The summed E-state index contributed by atoms with van der Waals surface area (Å²) in [6, 6.07) is 1.65. The van der Waals surface area contributed by atoms with Crippen LogP contribution in [-0.2, 0) is 9.53 Å². The van der Waals surface area contributed by atoms with Crippen LogP contribution < -0.4 is 0 Å². The monoisotopic (exact) mass is 232 g/mol. The molecule has 0 saturated carbocycles. The Bertz CT molecular complexity index is 577. The number of ether oxygens (including phenoxy) is 1. The molecule has 0 aromatic carbocycles.